The van der Waals surface area contributed by atoms with Gasteiger partial charge >= 0.3 is 11.9 Å². The quantitative estimate of drug-likeness (QED) is 0.456. The molecule has 1 rings (SSSR count). The molecule has 1 N–H and O–H groups in total. The highest BCUT2D eigenvalue weighted by atomic mass is 16.5. The van der Waals surface area contributed by atoms with Crippen LogP contribution in [0.3, 0.4) is 0 Å². The molecule has 0 spiro atoms. The molecule has 0 aromatic carbocycles. The van der Waals surface area contributed by atoms with E-state index < -0.39 is 17.4 Å². The van der Waals surface area contributed by atoms with Crippen LogP contribution in [0.2, 0.25) is 0 Å². The summed E-state index contributed by atoms with van der Waals surface area (Å²) in [6.07, 6.45) is 7.03. The summed E-state index contributed by atoms with van der Waals surface area (Å²) in [4.78, 5) is 24.1. The molecular weight excluding hydrogens is 244 g/mol. The van der Waals surface area contributed by atoms with Crippen molar-refractivity contribution < 1.29 is 19.4 Å². The van der Waals surface area contributed by atoms with E-state index in [1.165, 1.54) is 0 Å². The number of aliphatic carboxylic acids is 1. The number of hydrogen-bond acceptors (Lipinski definition) is 3. The van der Waals surface area contributed by atoms with Crippen molar-refractivity contribution in [2.24, 2.45) is 11.3 Å². The molecule has 0 aromatic rings. The molecule has 0 amide bonds. The Balaban J connectivity index is 3.05. The van der Waals surface area contributed by atoms with Gasteiger partial charge in [0.1, 0.15) is 0 Å². The first-order chi connectivity index (χ1) is 9.09. The number of carbonyl (C=O) groups excluding carboxylic acids is 1. The standard InChI is InChI=1S/C15H26O4/c1-3-11-15(13(16)17,14(18)19-4-2)12-9-7-5-6-8-10-12/h12H,3-11H2,1-2H3,(H,16,17). The Morgan fingerprint density at radius 1 is 1.16 bits per heavy atom. The average molecular weight is 270 g/mol. The molecule has 4 heteroatoms. The summed E-state index contributed by atoms with van der Waals surface area (Å²) in [5.74, 6) is -1.61. The van der Waals surface area contributed by atoms with Gasteiger partial charge in [-0.05, 0) is 32.1 Å². The van der Waals surface area contributed by atoms with Crippen LogP contribution in [0.1, 0.15) is 65.2 Å². The maximum atomic E-state index is 12.3. The van der Waals surface area contributed by atoms with Gasteiger partial charge in [-0.3, -0.25) is 9.59 Å². The zero-order valence-electron chi connectivity index (χ0n) is 12.1. The predicted octanol–water partition coefficient (Wildman–Crippen LogP) is 3.39. The fourth-order valence-electron chi connectivity index (χ4n) is 3.27. The van der Waals surface area contributed by atoms with Crippen LogP contribution < -0.4 is 0 Å². The van der Waals surface area contributed by atoms with Crippen LogP contribution >= 0.6 is 0 Å². The Labute approximate surface area is 115 Å². The Bertz CT molecular complexity index is 305. The molecule has 0 aromatic heterocycles. The van der Waals surface area contributed by atoms with E-state index >= 15 is 0 Å². The van der Waals surface area contributed by atoms with E-state index in [9.17, 15) is 14.7 Å². The number of carboxylic acids is 1. The van der Waals surface area contributed by atoms with Gasteiger partial charge in [0.2, 0.25) is 0 Å². The number of carboxylic acid groups (broad SMARTS) is 1. The molecule has 0 heterocycles. The van der Waals surface area contributed by atoms with Crippen LogP contribution in [-0.2, 0) is 14.3 Å². The van der Waals surface area contributed by atoms with Gasteiger partial charge in [-0.15, -0.1) is 0 Å². The van der Waals surface area contributed by atoms with Crippen molar-refractivity contribution >= 4 is 11.9 Å². The van der Waals surface area contributed by atoms with Crippen LogP contribution in [-0.4, -0.2) is 23.7 Å². The largest absolute Gasteiger partial charge is 0.480 e. The van der Waals surface area contributed by atoms with Gasteiger partial charge in [-0.1, -0.05) is 39.0 Å². The van der Waals surface area contributed by atoms with Crippen molar-refractivity contribution in [2.45, 2.75) is 65.2 Å². The first-order valence-corrected chi connectivity index (χ1v) is 7.50. The summed E-state index contributed by atoms with van der Waals surface area (Å²) in [7, 11) is 0. The third kappa shape index (κ3) is 3.48. The third-order valence-corrected chi connectivity index (χ3v) is 4.22. The van der Waals surface area contributed by atoms with Gasteiger partial charge < -0.3 is 9.84 Å². The van der Waals surface area contributed by atoms with Crippen molar-refractivity contribution in [2.75, 3.05) is 6.61 Å². The van der Waals surface area contributed by atoms with E-state index in [1.807, 2.05) is 6.92 Å². The normalized spacial score (nSPS) is 20.3. The minimum Gasteiger partial charge on any atom is -0.480 e. The minimum absolute atomic E-state index is 0.0773. The van der Waals surface area contributed by atoms with E-state index in [0.29, 0.717) is 12.8 Å². The smallest absolute Gasteiger partial charge is 0.323 e. The van der Waals surface area contributed by atoms with E-state index in [-0.39, 0.29) is 12.5 Å². The number of carbonyl (C=O) groups is 2. The molecule has 1 fully saturated rings. The van der Waals surface area contributed by atoms with Crippen molar-refractivity contribution in [1.29, 1.82) is 0 Å². The van der Waals surface area contributed by atoms with Gasteiger partial charge in [0.25, 0.3) is 0 Å². The molecule has 0 bridgehead atoms. The van der Waals surface area contributed by atoms with E-state index in [2.05, 4.69) is 0 Å². The van der Waals surface area contributed by atoms with Gasteiger partial charge in [0, 0.05) is 0 Å². The van der Waals surface area contributed by atoms with E-state index in [0.717, 1.165) is 38.5 Å². The van der Waals surface area contributed by atoms with Gasteiger partial charge in [-0.25, -0.2) is 0 Å². The molecule has 1 atom stereocenters. The summed E-state index contributed by atoms with van der Waals surface area (Å²) in [6.45, 7) is 3.89. The lowest BCUT2D eigenvalue weighted by atomic mass is 9.69. The van der Waals surface area contributed by atoms with Crippen molar-refractivity contribution in [3.63, 3.8) is 0 Å². The first kappa shape index (κ1) is 16.0. The third-order valence-electron chi connectivity index (χ3n) is 4.22. The first-order valence-electron chi connectivity index (χ1n) is 7.50. The fourth-order valence-corrected chi connectivity index (χ4v) is 3.27. The topological polar surface area (TPSA) is 63.6 Å². The molecule has 0 saturated heterocycles. The van der Waals surface area contributed by atoms with Gasteiger partial charge in [0.05, 0.1) is 6.61 Å². The zero-order chi connectivity index (χ0) is 14.3. The Kier molecular flexibility index (Phi) is 6.32. The highest BCUT2D eigenvalue weighted by Crippen LogP contribution is 2.42. The lowest BCUT2D eigenvalue weighted by Gasteiger charge is -2.34. The molecule has 1 saturated carbocycles. The molecule has 110 valence electrons. The number of ether oxygens (including phenoxy) is 1. The molecule has 1 unspecified atom stereocenters. The fraction of sp³-hybridized carbons (Fsp3) is 0.867. The SMILES string of the molecule is CCCC(C(=O)O)(C(=O)OCC)C1CCCCCC1. The van der Waals surface area contributed by atoms with E-state index in [1.54, 1.807) is 6.92 Å². The molecule has 0 aliphatic heterocycles. The minimum atomic E-state index is -1.32. The Morgan fingerprint density at radius 3 is 2.16 bits per heavy atom. The maximum Gasteiger partial charge on any atom is 0.323 e. The average Bonchev–Trinajstić information content (AvgIpc) is 2.64. The number of esters is 1. The van der Waals surface area contributed by atoms with Crippen molar-refractivity contribution in [3.05, 3.63) is 0 Å². The molecule has 1 aliphatic rings. The molecule has 19 heavy (non-hydrogen) atoms. The Morgan fingerprint density at radius 2 is 1.74 bits per heavy atom. The summed E-state index contributed by atoms with van der Waals surface area (Å²) in [5, 5.41) is 9.70. The highest BCUT2D eigenvalue weighted by molar-refractivity contribution is 5.99. The molecule has 4 nitrogen and oxygen atoms in total. The van der Waals surface area contributed by atoms with Crippen LogP contribution in [0.15, 0.2) is 0 Å². The van der Waals surface area contributed by atoms with Crippen LogP contribution in [0, 0.1) is 11.3 Å². The second kappa shape index (κ2) is 7.51. The summed E-state index contributed by atoms with van der Waals surface area (Å²) in [5.41, 5.74) is -1.32. The van der Waals surface area contributed by atoms with Crippen LogP contribution in [0.5, 0.6) is 0 Å². The monoisotopic (exact) mass is 270 g/mol. The summed E-state index contributed by atoms with van der Waals surface area (Å²) in [6, 6.07) is 0. The molecule has 1 aliphatic carbocycles. The second-order valence-corrected chi connectivity index (χ2v) is 5.44. The molecular formula is C15H26O4. The molecule has 0 radical (unpaired) electrons. The van der Waals surface area contributed by atoms with Crippen LogP contribution in [0.4, 0.5) is 0 Å². The van der Waals surface area contributed by atoms with Crippen LogP contribution in [0.25, 0.3) is 0 Å². The maximum absolute atomic E-state index is 12.3. The number of rotatable bonds is 6. The van der Waals surface area contributed by atoms with Crippen molar-refractivity contribution in [3.8, 4) is 0 Å². The van der Waals surface area contributed by atoms with Gasteiger partial charge in [0.15, 0.2) is 5.41 Å². The second-order valence-electron chi connectivity index (χ2n) is 5.44. The summed E-state index contributed by atoms with van der Waals surface area (Å²) >= 11 is 0. The van der Waals surface area contributed by atoms with Crippen molar-refractivity contribution in [1.82, 2.24) is 0 Å². The van der Waals surface area contributed by atoms with E-state index in [4.69, 9.17) is 4.74 Å². The Hall–Kier alpha value is -1.06. The van der Waals surface area contributed by atoms with Gasteiger partial charge in [-0.2, -0.15) is 0 Å². The predicted molar refractivity (Wildman–Crippen MR) is 72.8 cm³/mol. The highest BCUT2D eigenvalue weighted by Gasteiger charge is 2.52. The lowest BCUT2D eigenvalue weighted by molar-refractivity contribution is -0.174. The summed E-state index contributed by atoms with van der Waals surface area (Å²) < 4.78 is 5.10. The zero-order valence-corrected chi connectivity index (χ0v) is 12.1. The number of hydrogen-bond donors (Lipinski definition) is 1. The lowest BCUT2D eigenvalue weighted by Crippen LogP contribution is -2.46.